The fraction of sp³-hybridized carbons (Fsp3) is 0.833. The van der Waals surface area contributed by atoms with Gasteiger partial charge in [-0.1, -0.05) is 6.92 Å². The van der Waals surface area contributed by atoms with Crippen LogP contribution in [-0.4, -0.2) is 49.4 Å². The molecule has 0 aliphatic carbocycles. The predicted molar refractivity (Wildman–Crippen MR) is 66.4 cm³/mol. The van der Waals surface area contributed by atoms with E-state index in [0.29, 0.717) is 19.0 Å². The van der Waals surface area contributed by atoms with E-state index in [1.54, 1.807) is 18.9 Å². The van der Waals surface area contributed by atoms with Crippen LogP contribution in [0, 0.1) is 11.8 Å². The highest BCUT2D eigenvalue weighted by molar-refractivity contribution is 5.88. The van der Waals surface area contributed by atoms with Crippen molar-refractivity contribution in [1.29, 1.82) is 0 Å². The maximum absolute atomic E-state index is 12.0. The fourth-order valence-corrected chi connectivity index (χ4v) is 2.03. The topological polar surface area (TPSA) is 61.4 Å². The Bertz CT molecular complexity index is 293. The van der Waals surface area contributed by atoms with E-state index in [4.69, 9.17) is 0 Å². The van der Waals surface area contributed by atoms with Crippen molar-refractivity contribution in [2.45, 2.75) is 26.8 Å². The van der Waals surface area contributed by atoms with Crippen LogP contribution >= 0.6 is 0 Å². The number of likely N-dealkylation sites (N-methyl/N-ethyl adjacent to an activating group) is 1. The standard InChI is InChI=1S/C12H23N3O2/c1-5-15(4)12(17)9(3)14-11(16)10-7-13-6-8(10)2/h8-10,13H,5-7H2,1-4H3,(H,14,16). The van der Waals surface area contributed by atoms with Gasteiger partial charge in [0.05, 0.1) is 5.92 Å². The van der Waals surface area contributed by atoms with Crippen molar-refractivity contribution in [2.24, 2.45) is 11.8 Å². The van der Waals surface area contributed by atoms with Crippen LogP contribution in [0.4, 0.5) is 0 Å². The number of hydrogen-bond donors (Lipinski definition) is 2. The summed E-state index contributed by atoms with van der Waals surface area (Å²) >= 11 is 0. The predicted octanol–water partition coefficient (Wildman–Crippen LogP) is -0.175. The molecule has 1 aliphatic heterocycles. The maximum Gasteiger partial charge on any atom is 0.244 e. The molecule has 3 atom stereocenters. The SMILES string of the molecule is CCN(C)C(=O)C(C)NC(=O)C1CNCC1C. The zero-order valence-corrected chi connectivity index (χ0v) is 11.1. The van der Waals surface area contributed by atoms with Gasteiger partial charge in [0.25, 0.3) is 0 Å². The lowest BCUT2D eigenvalue weighted by Gasteiger charge is -2.22. The van der Waals surface area contributed by atoms with Gasteiger partial charge in [-0.15, -0.1) is 0 Å². The third kappa shape index (κ3) is 3.43. The first-order valence-corrected chi connectivity index (χ1v) is 6.23. The van der Waals surface area contributed by atoms with Crippen molar-refractivity contribution in [3.8, 4) is 0 Å². The van der Waals surface area contributed by atoms with Crippen LogP contribution in [-0.2, 0) is 9.59 Å². The maximum atomic E-state index is 12.0. The fourth-order valence-electron chi connectivity index (χ4n) is 2.03. The largest absolute Gasteiger partial charge is 0.344 e. The van der Waals surface area contributed by atoms with Crippen molar-refractivity contribution in [3.63, 3.8) is 0 Å². The van der Waals surface area contributed by atoms with Crippen molar-refractivity contribution < 1.29 is 9.59 Å². The number of carbonyl (C=O) groups is 2. The van der Waals surface area contributed by atoms with Gasteiger partial charge in [-0.2, -0.15) is 0 Å². The molecule has 0 radical (unpaired) electrons. The van der Waals surface area contributed by atoms with Gasteiger partial charge < -0.3 is 15.5 Å². The number of carbonyl (C=O) groups excluding carboxylic acids is 2. The zero-order valence-electron chi connectivity index (χ0n) is 11.1. The van der Waals surface area contributed by atoms with Gasteiger partial charge in [0.2, 0.25) is 11.8 Å². The minimum atomic E-state index is -0.444. The summed E-state index contributed by atoms with van der Waals surface area (Å²) in [5.74, 6) is 0.255. The van der Waals surface area contributed by atoms with E-state index < -0.39 is 6.04 Å². The van der Waals surface area contributed by atoms with Crippen LogP contribution in [0.3, 0.4) is 0 Å². The summed E-state index contributed by atoms with van der Waals surface area (Å²) in [6.07, 6.45) is 0. The Labute approximate surface area is 103 Å². The molecular formula is C12H23N3O2. The monoisotopic (exact) mass is 241 g/mol. The summed E-state index contributed by atoms with van der Waals surface area (Å²) in [6, 6.07) is -0.444. The average Bonchev–Trinajstić information content (AvgIpc) is 2.73. The third-order valence-electron chi connectivity index (χ3n) is 3.43. The van der Waals surface area contributed by atoms with Gasteiger partial charge in [0.1, 0.15) is 6.04 Å². The Kier molecular flexibility index (Phi) is 4.93. The summed E-state index contributed by atoms with van der Waals surface area (Å²) < 4.78 is 0. The molecule has 0 aromatic carbocycles. The molecule has 1 saturated heterocycles. The molecule has 0 aromatic heterocycles. The number of rotatable bonds is 4. The lowest BCUT2D eigenvalue weighted by atomic mass is 9.97. The Balaban J connectivity index is 2.48. The lowest BCUT2D eigenvalue weighted by molar-refractivity contribution is -0.136. The second-order valence-electron chi connectivity index (χ2n) is 4.82. The molecule has 17 heavy (non-hydrogen) atoms. The van der Waals surface area contributed by atoms with Crippen molar-refractivity contribution in [2.75, 3.05) is 26.7 Å². The normalized spacial score (nSPS) is 25.4. The van der Waals surface area contributed by atoms with Gasteiger partial charge >= 0.3 is 0 Å². The van der Waals surface area contributed by atoms with Crippen LogP contribution in [0.5, 0.6) is 0 Å². The van der Waals surface area contributed by atoms with E-state index in [1.807, 2.05) is 6.92 Å². The van der Waals surface area contributed by atoms with Gasteiger partial charge in [-0.3, -0.25) is 9.59 Å². The highest BCUT2D eigenvalue weighted by atomic mass is 16.2. The third-order valence-corrected chi connectivity index (χ3v) is 3.43. The van der Waals surface area contributed by atoms with Gasteiger partial charge in [0.15, 0.2) is 0 Å². The van der Waals surface area contributed by atoms with E-state index in [0.717, 1.165) is 6.54 Å². The van der Waals surface area contributed by atoms with Crippen LogP contribution in [0.25, 0.3) is 0 Å². The van der Waals surface area contributed by atoms with Crippen LogP contribution in [0.1, 0.15) is 20.8 Å². The van der Waals surface area contributed by atoms with Crippen molar-refractivity contribution in [3.05, 3.63) is 0 Å². The first-order chi connectivity index (χ1) is 7.97. The van der Waals surface area contributed by atoms with Gasteiger partial charge in [0, 0.05) is 20.1 Å². The number of nitrogens with zero attached hydrogens (tertiary/aromatic N) is 1. The number of hydrogen-bond acceptors (Lipinski definition) is 3. The number of amides is 2. The molecule has 1 fully saturated rings. The summed E-state index contributed by atoms with van der Waals surface area (Å²) in [4.78, 5) is 25.4. The summed E-state index contributed by atoms with van der Waals surface area (Å²) in [7, 11) is 1.74. The number of nitrogens with one attached hydrogen (secondary N) is 2. The molecule has 0 aromatic rings. The first-order valence-electron chi connectivity index (χ1n) is 6.23. The quantitative estimate of drug-likeness (QED) is 0.718. The molecule has 1 heterocycles. The molecule has 2 amide bonds. The second kappa shape index (κ2) is 6.00. The summed E-state index contributed by atoms with van der Waals surface area (Å²) in [5, 5.41) is 5.98. The molecule has 3 unspecified atom stereocenters. The Morgan fingerprint density at radius 2 is 2.12 bits per heavy atom. The van der Waals surface area contributed by atoms with Gasteiger partial charge in [-0.05, 0) is 26.3 Å². The van der Waals surface area contributed by atoms with Gasteiger partial charge in [-0.25, -0.2) is 0 Å². The van der Waals surface area contributed by atoms with E-state index in [2.05, 4.69) is 17.6 Å². The Hall–Kier alpha value is -1.10. The Morgan fingerprint density at radius 3 is 2.59 bits per heavy atom. The van der Waals surface area contributed by atoms with Crippen LogP contribution in [0.15, 0.2) is 0 Å². The second-order valence-corrected chi connectivity index (χ2v) is 4.82. The molecule has 5 nitrogen and oxygen atoms in total. The van der Waals surface area contributed by atoms with E-state index in [9.17, 15) is 9.59 Å². The smallest absolute Gasteiger partial charge is 0.244 e. The molecule has 0 spiro atoms. The summed E-state index contributed by atoms with van der Waals surface area (Å²) in [6.45, 7) is 7.93. The molecule has 0 bridgehead atoms. The molecule has 0 saturated carbocycles. The van der Waals surface area contributed by atoms with Crippen molar-refractivity contribution >= 4 is 11.8 Å². The van der Waals surface area contributed by atoms with Crippen LogP contribution in [0.2, 0.25) is 0 Å². The van der Waals surface area contributed by atoms with E-state index >= 15 is 0 Å². The average molecular weight is 241 g/mol. The lowest BCUT2D eigenvalue weighted by Crippen LogP contribution is -2.48. The van der Waals surface area contributed by atoms with Crippen molar-refractivity contribution in [1.82, 2.24) is 15.5 Å². The molecule has 98 valence electrons. The minimum Gasteiger partial charge on any atom is -0.344 e. The van der Waals surface area contributed by atoms with E-state index in [1.165, 1.54) is 0 Å². The first kappa shape index (κ1) is 14.0. The zero-order chi connectivity index (χ0) is 13.0. The summed E-state index contributed by atoms with van der Waals surface area (Å²) in [5.41, 5.74) is 0. The Morgan fingerprint density at radius 1 is 1.47 bits per heavy atom. The highest BCUT2D eigenvalue weighted by Gasteiger charge is 2.31. The molecular weight excluding hydrogens is 218 g/mol. The molecule has 1 aliphatic rings. The van der Waals surface area contributed by atoms with E-state index in [-0.39, 0.29) is 17.7 Å². The molecule has 5 heteroatoms. The molecule has 1 rings (SSSR count). The van der Waals surface area contributed by atoms with Crippen LogP contribution < -0.4 is 10.6 Å². The molecule has 2 N–H and O–H groups in total. The minimum absolute atomic E-state index is 0.0165. The highest BCUT2D eigenvalue weighted by Crippen LogP contribution is 2.15.